The number of nitrogens with one attached hydrogen (secondary N) is 1. The van der Waals surface area contributed by atoms with Gasteiger partial charge in [-0.25, -0.2) is 4.98 Å². The van der Waals surface area contributed by atoms with Crippen molar-refractivity contribution in [2.45, 2.75) is 6.92 Å². The van der Waals surface area contributed by atoms with Gasteiger partial charge >= 0.3 is 0 Å². The van der Waals surface area contributed by atoms with Gasteiger partial charge in [-0.2, -0.15) is 0 Å². The van der Waals surface area contributed by atoms with E-state index in [4.69, 9.17) is 4.74 Å². The van der Waals surface area contributed by atoms with E-state index in [9.17, 15) is 4.79 Å². The van der Waals surface area contributed by atoms with Crippen LogP contribution in [0.15, 0.2) is 36.7 Å². The van der Waals surface area contributed by atoms with Crippen molar-refractivity contribution < 1.29 is 9.53 Å². The second kappa shape index (κ2) is 6.53. The fourth-order valence-corrected chi connectivity index (χ4v) is 2.42. The van der Waals surface area contributed by atoms with Crippen LogP contribution >= 0.6 is 0 Å². The van der Waals surface area contributed by atoms with Gasteiger partial charge in [0, 0.05) is 19.3 Å². The first-order valence-corrected chi connectivity index (χ1v) is 7.26. The summed E-state index contributed by atoms with van der Waals surface area (Å²) in [5.41, 5.74) is 2.81. The zero-order valence-electron chi connectivity index (χ0n) is 12.5. The van der Waals surface area contributed by atoms with Gasteiger partial charge in [-0.05, 0) is 19.1 Å². The van der Waals surface area contributed by atoms with Gasteiger partial charge in [0.1, 0.15) is 5.69 Å². The quantitative estimate of drug-likeness (QED) is 0.937. The van der Waals surface area contributed by atoms with Gasteiger partial charge in [0.25, 0.3) is 5.91 Å². The predicted molar refractivity (Wildman–Crippen MR) is 84.2 cm³/mol. The summed E-state index contributed by atoms with van der Waals surface area (Å²) >= 11 is 0. The minimum Gasteiger partial charge on any atom is -0.378 e. The molecule has 0 aliphatic carbocycles. The average Bonchev–Trinajstić information content (AvgIpc) is 2.56. The molecule has 6 heteroatoms. The van der Waals surface area contributed by atoms with Crippen LogP contribution in [0.1, 0.15) is 16.2 Å². The first-order chi connectivity index (χ1) is 10.7. The summed E-state index contributed by atoms with van der Waals surface area (Å²) < 4.78 is 5.38. The van der Waals surface area contributed by atoms with Crippen molar-refractivity contribution >= 4 is 17.3 Å². The molecule has 114 valence electrons. The molecule has 0 atom stereocenters. The van der Waals surface area contributed by atoms with Crippen LogP contribution in [-0.4, -0.2) is 42.2 Å². The minimum atomic E-state index is -0.253. The lowest BCUT2D eigenvalue weighted by atomic mass is 10.2. The number of anilines is 2. The van der Waals surface area contributed by atoms with E-state index in [0.29, 0.717) is 24.6 Å². The molecule has 1 aliphatic rings. The van der Waals surface area contributed by atoms with Crippen LogP contribution in [0.2, 0.25) is 0 Å². The number of rotatable bonds is 3. The van der Waals surface area contributed by atoms with Crippen LogP contribution in [0.5, 0.6) is 0 Å². The Kier molecular flexibility index (Phi) is 4.29. The fraction of sp³-hybridized carbons (Fsp3) is 0.312. The molecule has 0 unspecified atom stereocenters. The van der Waals surface area contributed by atoms with E-state index < -0.39 is 0 Å². The largest absolute Gasteiger partial charge is 0.378 e. The Balaban J connectivity index is 1.81. The maximum Gasteiger partial charge on any atom is 0.275 e. The van der Waals surface area contributed by atoms with Gasteiger partial charge in [0.15, 0.2) is 0 Å². The van der Waals surface area contributed by atoms with E-state index >= 15 is 0 Å². The summed E-state index contributed by atoms with van der Waals surface area (Å²) in [5.74, 6) is -0.253. The number of aromatic nitrogens is 2. The number of benzene rings is 1. The molecule has 2 heterocycles. The molecule has 1 aromatic carbocycles. The summed E-state index contributed by atoms with van der Waals surface area (Å²) in [5, 5.41) is 2.93. The standard InChI is InChI=1S/C16H18N4O2/c1-12-10-17-11-14(18-12)16(21)19-13-4-2-3-5-15(13)20-6-8-22-9-7-20/h2-5,10-11H,6-9H2,1H3,(H,19,21). The zero-order valence-corrected chi connectivity index (χ0v) is 12.5. The molecule has 0 saturated carbocycles. The van der Waals surface area contributed by atoms with Crippen LogP contribution in [0, 0.1) is 6.92 Å². The van der Waals surface area contributed by atoms with Crippen molar-refractivity contribution in [2.75, 3.05) is 36.5 Å². The summed E-state index contributed by atoms with van der Waals surface area (Å²) in [7, 11) is 0. The number of morpholine rings is 1. The number of hydrogen-bond acceptors (Lipinski definition) is 5. The van der Waals surface area contributed by atoms with Crippen molar-refractivity contribution in [3.63, 3.8) is 0 Å². The number of para-hydroxylation sites is 2. The highest BCUT2D eigenvalue weighted by Gasteiger charge is 2.16. The smallest absolute Gasteiger partial charge is 0.275 e. The van der Waals surface area contributed by atoms with Gasteiger partial charge in [-0.1, -0.05) is 12.1 Å². The van der Waals surface area contributed by atoms with Gasteiger partial charge in [-0.3, -0.25) is 9.78 Å². The first kappa shape index (κ1) is 14.5. The SMILES string of the molecule is Cc1cncc(C(=O)Nc2ccccc2N2CCOCC2)n1. The predicted octanol–water partition coefficient (Wildman–Crippen LogP) is 1.87. The topological polar surface area (TPSA) is 67.4 Å². The molecule has 6 nitrogen and oxygen atoms in total. The number of carbonyl (C=O) groups excluding carboxylic acids is 1. The molecule has 0 spiro atoms. The summed E-state index contributed by atoms with van der Waals surface area (Å²) in [6.45, 7) is 4.84. The summed E-state index contributed by atoms with van der Waals surface area (Å²) in [6, 6.07) is 7.77. The number of amides is 1. The summed E-state index contributed by atoms with van der Waals surface area (Å²) in [6.07, 6.45) is 3.10. The number of aryl methyl sites for hydroxylation is 1. The first-order valence-electron chi connectivity index (χ1n) is 7.26. The fourth-order valence-electron chi connectivity index (χ4n) is 2.42. The Morgan fingerprint density at radius 3 is 2.77 bits per heavy atom. The van der Waals surface area contributed by atoms with E-state index in [1.165, 1.54) is 6.20 Å². The highest BCUT2D eigenvalue weighted by atomic mass is 16.5. The van der Waals surface area contributed by atoms with Crippen LogP contribution in [0.4, 0.5) is 11.4 Å². The van der Waals surface area contributed by atoms with E-state index in [1.54, 1.807) is 6.20 Å². The second-order valence-corrected chi connectivity index (χ2v) is 5.12. The average molecular weight is 298 g/mol. The summed E-state index contributed by atoms with van der Waals surface area (Å²) in [4.78, 5) is 22.8. The Labute approximate surface area is 129 Å². The molecular formula is C16H18N4O2. The maximum absolute atomic E-state index is 12.3. The van der Waals surface area contributed by atoms with E-state index in [0.717, 1.165) is 24.5 Å². The molecule has 22 heavy (non-hydrogen) atoms. The van der Waals surface area contributed by atoms with Gasteiger partial charge in [0.2, 0.25) is 0 Å². The van der Waals surface area contributed by atoms with E-state index in [2.05, 4.69) is 20.2 Å². The Hall–Kier alpha value is -2.47. The molecule has 1 aromatic heterocycles. The van der Waals surface area contributed by atoms with Gasteiger partial charge in [0.05, 0.1) is 36.5 Å². The van der Waals surface area contributed by atoms with Crippen molar-refractivity contribution in [1.29, 1.82) is 0 Å². The minimum absolute atomic E-state index is 0.253. The molecule has 1 N–H and O–H groups in total. The van der Waals surface area contributed by atoms with Crippen molar-refractivity contribution in [3.8, 4) is 0 Å². The Morgan fingerprint density at radius 2 is 2.00 bits per heavy atom. The molecule has 3 rings (SSSR count). The highest BCUT2D eigenvalue weighted by molar-refractivity contribution is 6.04. The van der Waals surface area contributed by atoms with Crippen LogP contribution in [0.25, 0.3) is 0 Å². The molecule has 1 saturated heterocycles. The number of ether oxygens (including phenoxy) is 1. The molecule has 2 aromatic rings. The lowest BCUT2D eigenvalue weighted by Crippen LogP contribution is -2.36. The molecule has 1 aliphatic heterocycles. The zero-order chi connectivity index (χ0) is 15.4. The third-order valence-corrected chi connectivity index (χ3v) is 3.49. The number of carbonyl (C=O) groups is 1. The Bertz CT molecular complexity index is 669. The third-order valence-electron chi connectivity index (χ3n) is 3.49. The monoisotopic (exact) mass is 298 g/mol. The van der Waals surface area contributed by atoms with Gasteiger partial charge < -0.3 is 15.0 Å². The van der Waals surface area contributed by atoms with Crippen LogP contribution < -0.4 is 10.2 Å². The number of nitrogens with zero attached hydrogens (tertiary/aromatic N) is 3. The lowest BCUT2D eigenvalue weighted by molar-refractivity contribution is 0.102. The molecule has 0 radical (unpaired) electrons. The maximum atomic E-state index is 12.3. The molecule has 1 amide bonds. The molecule has 1 fully saturated rings. The highest BCUT2D eigenvalue weighted by Crippen LogP contribution is 2.26. The van der Waals surface area contributed by atoms with Crippen LogP contribution in [-0.2, 0) is 4.74 Å². The van der Waals surface area contributed by atoms with Crippen molar-refractivity contribution in [3.05, 3.63) is 48.0 Å². The van der Waals surface area contributed by atoms with Gasteiger partial charge in [-0.15, -0.1) is 0 Å². The van der Waals surface area contributed by atoms with Crippen LogP contribution in [0.3, 0.4) is 0 Å². The second-order valence-electron chi connectivity index (χ2n) is 5.12. The molecule has 0 bridgehead atoms. The lowest BCUT2D eigenvalue weighted by Gasteiger charge is -2.30. The molecular weight excluding hydrogens is 280 g/mol. The van der Waals surface area contributed by atoms with E-state index in [-0.39, 0.29) is 5.91 Å². The number of hydrogen-bond donors (Lipinski definition) is 1. The van der Waals surface area contributed by atoms with Crippen molar-refractivity contribution in [1.82, 2.24) is 9.97 Å². The van der Waals surface area contributed by atoms with Crippen molar-refractivity contribution in [2.24, 2.45) is 0 Å². The Morgan fingerprint density at radius 1 is 1.23 bits per heavy atom. The normalized spacial score (nSPS) is 14.7. The van der Waals surface area contributed by atoms with E-state index in [1.807, 2.05) is 31.2 Å². The third kappa shape index (κ3) is 3.23.